The lowest BCUT2D eigenvalue weighted by Crippen LogP contribution is -2.59. The van der Waals surface area contributed by atoms with Gasteiger partial charge in [-0.1, -0.05) is 62.8 Å². The topological polar surface area (TPSA) is 118 Å². The molecule has 67 heavy (non-hydrogen) atoms. The van der Waals surface area contributed by atoms with Gasteiger partial charge in [-0.2, -0.15) is 0 Å². The highest BCUT2D eigenvalue weighted by Crippen LogP contribution is 2.34. The van der Waals surface area contributed by atoms with Gasteiger partial charge in [-0.25, -0.2) is 18.0 Å². The van der Waals surface area contributed by atoms with Crippen molar-refractivity contribution < 1.29 is 37.0 Å². The molecule has 0 spiro atoms. The number of benzene rings is 4. The average Bonchev–Trinajstić information content (AvgIpc) is 3.41. The number of hydrogen-bond donors (Lipinski definition) is 0. The SMILES string of the molecule is COC(=O)C(C)(c1ccc(S(=O)c2ccc(OC)cc2)cc1)N1CCN(C2CCCCC2)CC1.COC(=O)C(c1ccc(S(=O)c2ccc(OC)cc2)cc1)N1CCN(C2CCCCC2)CC1. The Morgan fingerprint density at radius 3 is 1.30 bits per heavy atom. The van der Waals surface area contributed by atoms with E-state index in [1.54, 1.807) is 14.2 Å². The van der Waals surface area contributed by atoms with Crippen molar-refractivity contribution in [2.75, 3.05) is 80.8 Å². The fourth-order valence-electron chi connectivity index (χ4n) is 10.4. The summed E-state index contributed by atoms with van der Waals surface area (Å²) < 4.78 is 46.8. The van der Waals surface area contributed by atoms with Crippen LogP contribution in [0.4, 0.5) is 0 Å². The third-order valence-electron chi connectivity index (χ3n) is 14.4. The van der Waals surface area contributed by atoms with Gasteiger partial charge < -0.3 is 18.9 Å². The van der Waals surface area contributed by atoms with E-state index in [0.717, 1.165) is 75.0 Å². The number of piperazine rings is 2. The molecule has 2 saturated heterocycles. The third-order valence-corrected chi connectivity index (χ3v) is 17.2. The highest BCUT2D eigenvalue weighted by atomic mass is 32.2. The molecule has 0 bridgehead atoms. The molecule has 4 unspecified atom stereocenters. The molecule has 0 aromatic heterocycles. The van der Waals surface area contributed by atoms with Gasteiger partial charge in [0.2, 0.25) is 0 Å². The van der Waals surface area contributed by atoms with Crippen molar-refractivity contribution >= 4 is 33.5 Å². The second kappa shape index (κ2) is 24.2. The molecule has 2 aliphatic carbocycles. The quantitative estimate of drug-likeness (QED) is 0.113. The van der Waals surface area contributed by atoms with Crippen molar-refractivity contribution in [3.63, 3.8) is 0 Å². The van der Waals surface area contributed by atoms with Crippen LogP contribution in [0.5, 0.6) is 11.5 Å². The maximum atomic E-state index is 13.1. The van der Waals surface area contributed by atoms with Crippen molar-refractivity contribution in [1.82, 2.24) is 19.6 Å². The zero-order chi connectivity index (χ0) is 47.3. The molecule has 0 N–H and O–H groups in total. The van der Waals surface area contributed by atoms with Crippen molar-refractivity contribution in [2.24, 2.45) is 0 Å². The molecule has 2 heterocycles. The molecule has 0 amide bonds. The van der Waals surface area contributed by atoms with E-state index in [-0.39, 0.29) is 11.9 Å². The normalized spacial score (nSPS) is 20.6. The Kier molecular flexibility index (Phi) is 18.2. The molecule has 12 nitrogen and oxygen atoms in total. The minimum absolute atomic E-state index is 0.245. The van der Waals surface area contributed by atoms with E-state index in [1.165, 1.54) is 78.4 Å². The summed E-state index contributed by atoms with van der Waals surface area (Å²) in [5.41, 5.74) is 0.859. The first-order chi connectivity index (χ1) is 32.6. The molecular formula is C53H70N4O8S2. The van der Waals surface area contributed by atoms with Gasteiger partial charge in [-0.15, -0.1) is 0 Å². The van der Waals surface area contributed by atoms with Crippen LogP contribution in [0.2, 0.25) is 0 Å². The zero-order valence-corrected chi connectivity index (χ0v) is 41.7. The molecule has 2 saturated carbocycles. The minimum atomic E-state index is -1.31. The van der Waals surface area contributed by atoms with E-state index in [2.05, 4.69) is 19.6 Å². The van der Waals surface area contributed by atoms with E-state index in [1.807, 2.05) is 104 Å². The number of nitrogens with zero attached hydrogens (tertiary/aromatic N) is 4. The minimum Gasteiger partial charge on any atom is -0.497 e. The third kappa shape index (κ3) is 12.2. The van der Waals surface area contributed by atoms with Gasteiger partial charge in [0.15, 0.2) is 0 Å². The fourth-order valence-corrected chi connectivity index (χ4v) is 12.4. The second-order valence-electron chi connectivity index (χ2n) is 18.2. The number of esters is 2. The smallest absolute Gasteiger partial charge is 0.330 e. The number of ether oxygens (including phenoxy) is 4. The second-order valence-corrected chi connectivity index (χ2v) is 21.1. The summed E-state index contributed by atoms with van der Waals surface area (Å²) in [6, 6.07) is 30.5. The first-order valence-corrected chi connectivity index (χ1v) is 26.3. The van der Waals surface area contributed by atoms with E-state index < -0.39 is 33.2 Å². The molecule has 8 rings (SSSR count). The summed E-state index contributed by atoms with van der Waals surface area (Å²) in [5.74, 6) is 0.955. The maximum absolute atomic E-state index is 13.1. The summed E-state index contributed by atoms with van der Waals surface area (Å²) in [6.45, 7) is 9.18. The lowest BCUT2D eigenvalue weighted by molar-refractivity contribution is -0.157. The number of hydrogen-bond acceptors (Lipinski definition) is 12. The van der Waals surface area contributed by atoms with E-state index in [4.69, 9.17) is 18.9 Å². The van der Waals surface area contributed by atoms with E-state index >= 15 is 0 Å². The molecule has 4 aromatic carbocycles. The van der Waals surface area contributed by atoms with Crippen LogP contribution in [0.25, 0.3) is 0 Å². The monoisotopic (exact) mass is 954 g/mol. The molecular weight excluding hydrogens is 885 g/mol. The molecule has 362 valence electrons. The van der Waals surface area contributed by atoms with Crippen LogP contribution >= 0.6 is 0 Å². The van der Waals surface area contributed by atoms with Crippen LogP contribution in [-0.4, -0.2) is 133 Å². The van der Waals surface area contributed by atoms with Crippen LogP contribution in [0.3, 0.4) is 0 Å². The first-order valence-electron chi connectivity index (χ1n) is 24.0. The highest BCUT2D eigenvalue weighted by Gasteiger charge is 2.44. The lowest BCUT2D eigenvalue weighted by Gasteiger charge is -2.46. The molecule has 4 atom stereocenters. The standard InChI is InChI=1S/C27H36N2O4S.C26H34N2O4S/c1-27(26(30)33-3,29-19-17-28(18-20-29)22-7-5-4-6-8-22)21-9-13-24(14-10-21)34(31)25-15-11-23(32-2)12-16-25;1-31-22-10-14-24(15-11-22)33(30)23-12-8-20(9-13-23)25(26(29)32-2)28-18-16-27(17-19-28)21-6-4-3-5-7-21/h9-16,22H,4-8,17-20H2,1-3H3;8-15,21,25H,3-7,16-19H2,1-2H3. The van der Waals surface area contributed by atoms with Gasteiger partial charge in [-0.3, -0.25) is 19.6 Å². The largest absolute Gasteiger partial charge is 0.497 e. The summed E-state index contributed by atoms with van der Waals surface area (Å²) in [6.07, 6.45) is 13.2. The van der Waals surface area contributed by atoms with Gasteiger partial charge in [0.1, 0.15) is 23.1 Å². The molecule has 4 aliphatic rings. The molecule has 14 heteroatoms. The predicted octanol–water partition coefficient (Wildman–Crippen LogP) is 8.23. The maximum Gasteiger partial charge on any atom is 0.330 e. The lowest BCUT2D eigenvalue weighted by atomic mass is 9.88. The van der Waals surface area contributed by atoms with Gasteiger partial charge in [0.05, 0.1) is 50.0 Å². The van der Waals surface area contributed by atoms with Crippen LogP contribution in [0, 0.1) is 0 Å². The molecule has 4 fully saturated rings. The van der Waals surface area contributed by atoms with Crippen LogP contribution in [-0.2, 0) is 46.2 Å². The van der Waals surface area contributed by atoms with Crippen molar-refractivity contribution in [1.29, 1.82) is 0 Å². The Labute approximate surface area is 403 Å². The Balaban J connectivity index is 0.000000199. The van der Waals surface area contributed by atoms with Crippen molar-refractivity contribution in [3.05, 3.63) is 108 Å². The van der Waals surface area contributed by atoms with Gasteiger partial charge in [0, 0.05) is 84.0 Å². The van der Waals surface area contributed by atoms with Gasteiger partial charge >= 0.3 is 11.9 Å². The van der Waals surface area contributed by atoms with Crippen LogP contribution < -0.4 is 9.47 Å². The summed E-state index contributed by atoms with van der Waals surface area (Å²) in [7, 11) is 3.51. The molecule has 0 radical (unpaired) electrons. The van der Waals surface area contributed by atoms with Crippen molar-refractivity contribution in [3.8, 4) is 11.5 Å². The fraction of sp³-hybridized carbons (Fsp3) is 0.509. The van der Waals surface area contributed by atoms with E-state index in [9.17, 15) is 18.0 Å². The van der Waals surface area contributed by atoms with E-state index in [0.29, 0.717) is 31.7 Å². The molecule has 2 aliphatic heterocycles. The number of rotatable bonds is 14. The zero-order valence-electron chi connectivity index (χ0n) is 40.1. The Bertz CT molecular complexity index is 2230. The van der Waals surface area contributed by atoms with Crippen LogP contribution in [0.1, 0.15) is 88.3 Å². The average molecular weight is 955 g/mol. The van der Waals surface area contributed by atoms with Gasteiger partial charge in [0.25, 0.3) is 0 Å². The first kappa shape index (κ1) is 50.4. The Hall–Kier alpha value is -4.44. The highest BCUT2D eigenvalue weighted by molar-refractivity contribution is 7.85. The van der Waals surface area contributed by atoms with Crippen LogP contribution in [0.15, 0.2) is 117 Å². The predicted molar refractivity (Wildman–Crippen MR) is 262 cm³/mol. The summed E-state index contributed by atoms with van der Waals surface area (Å²) >= 11 is 0. The Morgan fingerprint density at radius 1 is 0.522 bits per heavy atom. The number of carbonyl (C=O) groups is 2. The van der Waals surface area contributed by atoms with Gasteiger partial charge in [-0.05, 0) is 117 Å². The summed E-state index contributed by atoms with van der Waals surface area (Å²) in [5, 5.41) is 0. The molecule has 4 aromatic rings. The summed E-state index contributed by atoms with van der Waals surface area (Å²) in [4.78, 5) is 38.3. The Morgan fingerprint density at radius 2 is 0.910 bits per heavy atom. The number of methoxy groups -OCH3 is 4. The number of carbonyl (C=O) groups excluding carboxylic acids is 2. The van der Waals surface area contributed by atoms with Crippen molar-refractivity contribution in [2.45, 2.75) is 114 Å².